The summed E-state index contributed by atoms with van der Waals surface area (Å²) >= 11 is 0. The van der Waals surface area contributed by atoms with Crippen LogP contribution in [0.3, 0.4) is 0 Å². The van der Waals surface area contributed by atoms with Crippen LogP contribution in [-0.2, 0) is 6.54 Å². The van der Waals surface area contributed by atoms with Crippen molar-refractivity contribution in [1.29, 1.82) is 0 Å². The zero-order valence-electron chi connectivity index (χ0n) is 11.5. The summed E-state index contributed by atoms with van der Waals surface area (Å²) in [5.74, 6) is 1.67. The first-order valence-corrected chi connectivity index (χ1v) is 7.14. The lowest BCUT2D eigenvalue weighted by atomic mass is 10.1. The Hall–Kier alpha value is -2.34. The quantitative estimate of drug-likeness (QED) is 0.797. The van der Waals surface area contributed by atoms with Gasteiger partial charge in [0, 0.05) is 11.9 Å². The second kappa shape index (κ2) is 5.21. The van der Waals surface area contributed by atoms with E-state index >= 15 is 0 Å². The lowest BCUT2D eigenvalue weighted by Gasteiger charge is -2.21. The Morgan fingerprint density at radius 3 is 3.10 bits per heavy atom. The van der Waals surface area contributed by atoms with E-state index in [0.29, 0.717) is 30.1 Å². The number of aromatic nitrogens is 3. The Kier molecular flexibility index (Phi) is 3.08. The lowest BCUT2D eigenvalue weighted by Crippen LogP contribution is -2.23. The summed E-state index contributed by atoms with van der Waals surface area (Å²) in [7, 11) is 0. The molecule has 0 bridgehead atoms. The van der Waals surface area contributed by atoms with Crippen molar-refractivity contribution in [2.45, 2.75) is 25.4 Å². The highest BCUT2D eigenvalue weighted by Gasteiger charge is 2.28. The zero-order valence-corrected chi connectivity index (χ0v) is 11.5. The largest absolute Gasteiger partial charge is 0.459 e. The van der Waals surface area contributed by atoms with Gasteiger partial charge in [-0.3, -0.25) is 4.90 Å². The summed E-state index contributed by atoms with van der Waals surface area (Å²) in [5.41, 5.74) is 1.25. The number of rotatable bonds is 4. The van der Waals surface area contributed by atoms with Gasteiger partial charge in [-0.2, -0.15) is 0 Å². The molecule has 4 rings (SSSR count). The average molecular weight is 284 g/mol. The number of nitrogens with zero attached hydrogens (tertiary/aromatic N) is 3. The van der Waals surface area contributed by atoms with Gasteiger partial charge in [-0.1, -0.05) is 0 Å². The van der Waals surface area contributed by atoms with E-state index in [-0.39, 0.29) is 0 Å². The van der Waals surface area contributed by atoms with Crippen LogP contribution < -0.4 is 0 Å². The van der Waals surface area contributed by atoms with Gasteiger partial charge >= 0.3 is 0 Å². The molecule has 1 N–H and O–H groups in total. The van der Waals surface area contributed by atoms with E-state index in [0.717, 1.165) is 13.0 Å². The predicted molar refractivity (Wildman–Crippen MR) is 75.2 cm³/mol. The molecule has 0 aromatic carbocycles. The average Bonchev–Trinajstić information content (AvgIpc) is 3.28. The van der Waals surface area contributed by atoms with Gasteiger partial charge in [-0.25, -0.2) is 0 Å². The molecule has 0 spiro atoms. The molecule has 0 saturated carbocycles. The number of hydrogen-bond donors (Lipinski definition) is 1. The van der Waals surface area contributed by atoms with Gasteiger partial charge in [0.05, 0.1) is 18.8 Å². The fourth-order valence-corrected chi connectivity index (χ4v) is 2.91. The third-order valence-electron chi connectivity index (χ3n) is 3.88. The minimum atomic E-state index is 0.402. The van der Waals surface area contributed by atoms with Crippen molar-refractivity contribution in [3.63, 3.8) is 0 Å². The Labute approximate surface area is 121 Å². The van der Waals surface area contributed by atoms with E-state index in [1.165, 1.54) is 12.1 Å². The van der Waals surface area contributed by atoms with Crippen molar-refractivity contribution < 1.29 is 8.83 Å². The standard InChI is InChI=1S/C15H16N4O2/c1-4-11(16-7-1)12-5-2-8-19(12)10-14-17-18-15(21-14)13-6-3-9-20-13/h1,3-4,6-7,9,12,16H,2,5,8,10H2. The number of nitrogens with one attached hydrogen (secondary N) is 1. The third kappa shape index (κ3) is 2.38. The molecule has 1 aliphatic heterocycles. The summed E-state index contributed by atoms with van der Waals surface area (Å²) < 4.78 is 11.0. The molecule has 0 aliphatic carbocycles. The molecular weight excluding hydrogens is 268 g/mol. The second-order valence-corrected chi connectivity index (χ2v) is 5.23. The molecule has 1 aliphatic rings. The van der Waals surface area contributed by atoms with Crippen molar-refractivity contribution in [2.24, 2.45) is 0 Å². The zero-order chi connectivity index (χ0) is 14.1. The molecule has 108 valence electrons. The Morgan fingerprint density at radius 1 is 1.29 bits per heavy atom. The summed E-state index contributed by atoms with van der Waals surface area (Å²) in [4.78, 5) is 5.67. The highest BCUT2D eigenvalue weighted by atomic mass is 16.4. The van der Waals surface area contributed by atoms with Gasteiger partial charge in [0.25, 0.3) is 5.89 Å². The molecule has 4 heterocycles. The van der Waals surface area contributed by atoms with Crippen molar-refractivity contribution in [1.82, 2.24) is 20.1 Å². The van der Waals surface area contributed by atoms with E-state index in [9.17, 15) is 0 Å². The van der Waals surface area contributed by atoms with Crippen LogP contribution >= 0.6 is 0 Å². The van der Waals surface area contributed by atoms with Crippen molar-refractivity contribution >= 4 is 0 Å². The number of aromatic amines is 1. The number of H-pyrrole nitrogens is 1. The minimum absolute atomic E-state index is 0.402. The summed E-state index contributed by atoms with van der Waals surface area (Å²) in [6.07, 6.45) is 5.90. The van der Waals surface area contributed by atoms with Gasteiger partial charge in [0.2, 0.25) is 5.89 Å². The molecule has 1 atom stereocenters. The van der Waals surface area contributed by atoms with E-state index in [4.69, 9.17) is 8.83 Å². The molecular formula is C15H16N4O2. The van der Waals surface area contributed by atoms with Crippen LogP contribution in [0.25, 0.3) is 11.7 Å². The van der Waals surface area contributed by atoms with Crippen LogP contribution in [0.15, 0.2) is 45.6 Å². The summed E-state index contributed by atoms with van der Waals surface area (Å²) in [5, 5.41) is 8.17. The molecule has 1 unspecified atom stereocenters. The fraction of sp³-hybridized carbons (Fsp3) is 0.333. The maximum absolute atomic E-state index is 5.69. The van der Waals surface area contributed by atoms with Crippen LogP contribution in [0.2, 0.25) is 0 Å². The second-order valence-electron chi connectivity index (χ2n) is 5.23. The molecule has 6 nitrogen and oxygen atoms in total. The molecule has 1 saturated heterocycles. The van der Waals surface area contributed by atoms with Crippen molar-refractivity contribution in [3.05, 3.63) is 48.3 Å². The molecule has 21 heavy (non-hydrogen) atoms. The van der Waals surface area contributed by atoms with Crippen LogP contribution in [0.5, 0.6) is 0 Å². The molecule has 3 aromatic rings. The van der Waals surface area contributed by atoms with Crippen LogP contribution in [-0.4, -0.2) is 26.6 Å². The molecule has 6 heteroatoms. The van der Waals surface area contributed by atoms with E-state index < -0.39 is 0 Å². The molecule has 1 fully saturated rings. The first-order valence-electron chi connectivity index (χ1n) is 7.14. The number of hydrogen-bond acceptors (Lipinski definition) is 5. The van der Waals surface area contributed by atoms with Crippen molar-refractivity contribution in [2.75, 3.05) is 6.54 Å². The van der Waals surface area contributed by atoms with Gasteiger partial charge in [-0.15, -0.1) is 10.2 Å². The lowest BCUT2D eigenvalue weighted by molar-refractivity contribution is 0.221. The first-order chi connectivity index (χ1) is 10.4. The minimum Gasteiger partial charge on any atom is -0.459 e. The highest BCUT2D eigenvalue weighted by Crippen LogP contribution is 2.32. The van der Waals surface area contributed by atoms with Crippen LogP contribution in [0, 0.1) is 0 Å². The van der Waals surface area contributed by atoms with E-state index in [2.05, 4.69) is 26.1 Å². The van der Waals surface area contributed by atoms with Gasteiger partial charge in [0.15, 0.2) is 5.76 Å². The first kappa shape index (κ1) is 12.4. The highest BCUT2D eigenvalue weighted by molar-refractivity contribution is 5.42. The third-order valence-corrected chi connectivity index (χ3v) is 3.88. The Balaban J connectivity index is 1.51. The van der Waals surface area contributed by atoms with E-state index in [1.54, 1.807) is 12.3 Å². The normalized spacial score (nSPS) is 19.3. The molecule has 0 amide bonds. The monoisotopic (exact) mass is 284 g/mol. The molecule has 3 aromatic heterocycles. The van der Waals surface area contributed by atoms with Crippen LogP contribution in [0.1, 0.15) is 30.5 Å². The van der Waals surface area contributed by atoms with E-state index in [1.807, 2.05) is 18.3 Å². The number of furan rings is 1. The predicted octanol–water partition coefficient (Wildman–Crippen LogP) is 2.99. The van der Waals surface area contributed by atoms with Gasteiger partial charge < -0.3 is 13.8 Å². The SMILES string of the molecule is c1c[nH]c(C2CCCN2Cc2nnc(-c3ccco3)o2)c1. The summed E-state index contributed by atoms with van der Waals surface area (Å²) in [6, 6.07) is 8.19. The molecule has 0 radical (unpaired) electrons. The topological polar surface area (TPSA) is 71.1 Å². The maximum Gasteiger partial charge on any atom is 0.283 e. The van der Waals surface area contributed by atoms with Crippen molar-refractivity contribution in [3.8, 4) is 11.7 Å². The Bertz CT molecular complexity index is 687. The smallest absolute Gasteiger partial charge is 0.283 e. The summed E-state index contributed by atoms with van der Waals surface area (Å²) in [6.45, 7) is 1.71. The van der Waals surface area contributed by atoms with Gasteiger partial charge in [0.1, 0.15) is 0 Å². The van der Waals surface area contributed by atoms with Crippen LogP contribution in [0.4, 0.5) is 0 Å². The number of likely N-dealkylation sites (tertiary alicyclic amines) is 1. The Morgan fingerprint density at radius 2 is 2.29 bits per heavy atom. The fourth-order valence-electron chi connectivity index (χ4n) is 2.91. The van der Waals surface area contributed by atoms with Gasteiger partial charge in [-0.05, 0) is 43.7 Å². The maximum atomic E-state index is 5.69.